The number of benzene rings is 1. The van der Waals surface area contributed by atoms with Crippen molar-refractivity contribution in [2.75, 3.05) is 0 Å². The predicted molar refractivity (Wildman–Crippen MR) is 83.5 cm³/mol. The average molecular weight is 291 g/mol. The van der Waals surface area contributed by atoms with E-state index in [0.717, 1.165) is 5.56 Å². The van der Waals surface area contributed by atoms with E-state index < -0.39 is 12.0 Å². The molecule has 0 aliphatic rings. The standard InChI is InChI=1S/C17H25NO3/c1-6-11(2)14(16(20)21)18-15(19)12-9-7-8-10-13(12)17(3,4)5/h7-11,14H,6H2,1-5H3,(H,18,19)(H,20,21). The normalized spacial score (nSPS) is 14.3. The maximum absolute atomic E-state index is 12.5. The lowest BCUT2D eigenvalue weighted by Gasteiger charge is -2.24. The smallest absolute Gasteiger partial charge is 0.326 e. The summed E-state index contributed by atoms with van der Waals surface area (Å²) in [6.45, 7) is 9.83. The number of rotatable bonds is 5. The number of carbonyl (C=O) groups excluding carboxylic acids is 1. The highest BCUT2D eigenvalue weighted by atomic mass is 16.4. The Kier molecular flexibility index (Phi) is 5.53. The van der Waals surface area contributed by atoms with Crippen LogP contribution < -0.4 is 5.32 Å². The Bertz CT molecular complexity index is 517. The predicted octanol–water partition coefficient (Wildman–Crippen LogP) is 3.21. The zero-order valence-electron chi connectivity index (χ0n) is 13.4. The topological polar surface area (TPSA) is 66.4 Å². The van der Waals surface area contributed by atoms with Crippen LogP contribution in [0.2, 0.25) is 0 Å². The van der Waals surface area contributed by atoms with Gasteiger partial charge >= 0.3 is 5.97 Å². The lowest BCUT2D eigenvalue weighted by atomic mass is 9.83. The lowest BCUT2D eigenvalue weighted by Crippen LogP contribution is -2.45. The molecule has 0 spiro atoms. The molecule has 4 nitrogen and oxygen atoms in total. The van der Waals surface area contributed by atoms with Gasteiger partial charge in [-0.1, -0.05) is 59.2 Å². The van der Waals surface area contributed by atoms with Crippen molar-refractivity contribution in [1.82, 2.24) is 5.32 Å². The van der Waals surface area contributed by atoms with Gasteiger partial charge in [-0.25, -0.2) is 4.79 Å². The van der Waals surface area contributed by atoms with Crippen molar-refractivity contribution in [2.45, 2.75) is 52.5 Å². The first kappa shape index (κ1) is 17.2. The second kappa shape index (κ2) is 6.74. The van der Waals surface area contributed by atoms with Crippen LogP contribution in [0.15, 0.2) is 24.3 Å². The summed E-state index contributed by atoms with van der Waals surface area (Å²) in [5.41, 5.74) is 1.28. The Morgan fingerprint density at radius 1 is 1.24 bits per heavy atom. The van der Waals surface area contributed by atoms with Crippen LogP contribution in [-0.2, 0) is 10.2 Å². The second-order valence-electron chi connectivity index (χ2n) is 6.47. The van der Waals surface area contributed by atoms with Crippen molar-refractivity contribution >= 4 is 11.9 Å². The summed E-state index contributed by atoms with van der Waals surface area (Å²) in [6.07, 6.45) is 0.693. The monoisotopic (exact) mass is 291 g/mol. The van der Waals surface area contributed by atoms with Crippen LogP contribution in [-0.4, -0.2) is 23.0 Å². The Labute approximate surface area is 126 Å². The summed E-state index contributed by atoms with van der Waals surface area (Å²) < 4.78 is 0. The molecule has 0 saturated heterocycles. The van der Waals surface area contributed by atoms with Crippen molar-refractivity contribution < 1.29 is 14.7 Å². The minimum Gasteiger partial charge on any atom is -0.480 e. The fourth-order valence-electron chi connectivity index (χ4n) is 2.24. The summed E-state index contributed by atoms with van der Waals surface area (Å²) in [4.78, 5) is 23.8. The molecule has 1 amide bonds. The molecule has 116 valence electrons. The van der Waals surface area contributed by atoms with Gasteiger partial charge in [0.05, 0.1) is 0 Å². The Morgan fingerprint density at radius 3 is 2.29 bits per heavy atom. The van der Waals surface area contributed by atoms with Gasteiger partial charge < -0.3 is 10.4 Å². The molecule has 0 bridgehead atoms. The minimum absolute atomic E-state index is 0.117. The van der Waals surface area contributed by atoms with Crippen LogP contribution in [0.5, 0.6) is 0 Å². The fraction of sp³-hybridized carbons (Fsp3) is 0.529. The highest BCUT2D eigenvalue weighted by molar-refractivity contribution is 5.98. The third kappa shape index (κ3) is 4.31. The number of carboxylic acid groups (broad SMARTS) is 1. The molecule has 1 aromatic rings. The molecule has 0 radical (unpaired) electrons. The van der Waals surface area contributed by atoms with E-state index in [1.165, 1.54) is 0 Å². The number of aliphatic carboxylic acids is 1. The Balaban J connectivity index is 3.07. The molecule has 0 heterocycles. The average Bonchev–Trinajstić information content (AvgIpc) is 2.42. The van der Waals surface area contributed by atoms with Crippen molar-refractivity contribution in [3.05, 3.63) is 35.4 Å². The molecule has 0 fully saturated rings. The molecule has 0 aliphatic carbocycles. The largest absolute Gasteiger partial charge is 0.480 e. The first-order chi connectivity index (χ1) is 9.68. The van der Waals surface area contributed by atoms with Gasteiger partial charge in [-0.2, -0.15) is 0 Å². The molecule has 21 heavy (non-hydrogen) atoms. The van der Waals surface area contributed by atoms with Gasteiger partial charge in [0.25, 0.3) is 5.91 Å². The third-order valence-corrected chi connectivity index (χ3v) is 3.75. The molecule has 2 atom stereocenters. The zero-order valence-corrected chi connectivity index (χ0v) is 13.4. The van der Waals surface area contributed by atoms with Crippen LogP contribution >= 0.6 is 0 Å². The van der Waals surface area contributed by atoms with Gasteiger partial charge in [-0.05, 0) is 23.0 Å². The fourth-order valence-corrected chi connectivity index (χ4v) is 2.24. The molecule has 0 aliphatic heterocycles. The van der Waals surface area contributed by atoms with Crippen LogP contribution in [0.4, 0.5) is 0 Å². The summed E-state index contributed by atoms with van der Waals surface area (Å²) >= 11 is 0. The zero-order chi connectivity index (χ0) is 16.2. The molecule has 2 N–H and O–H groups in total. The molecular formula is C17H25NO3. The second-order valence-corrected chi connectivity index (χ2v) is 6.47. The number of carbonyl (C=O) groups is 2. The number of hydrogen-bond donors (Lipinski definition) is 2. The van der Waals surface area contributed by atoms with Gasteiger partial charge in [0.15, 0.2) is 0 Å². The number of hydrogen-bond acceptors (Lipinski definition) is 2. The van der Waals surface area contributed by atoms with Gasteiger partial charge in [0, 0.05) is 5.56 Å². The van der Waals surface area contributed by atoms with Gasteiger partial charge in [0.1, 0.15) is 6.04 Å². The molecule has 2 unspecified atom stereocenters. The van der Waals surface area contributed by atoms with Crippen LogP contribution in [0.25, 0.3) is 0 Å². The van der Waals surface area contributed by atoms with Crippen molar-refractivity contribution in [3.8, 4) is 0 Å². The van der Waals surface area contributed by atoms with Crippen LogP contribution in [0.3, 0.4) is 0 Å². The SMILES string of the molecule is CCC(C)C(NC(=O)c1ccccc1C(C)(C)C)C(=O)O. The van der Waals surface area contributed by atoms with E-state index in [0.29, 0.717) is 12.0 Å². The van der Waals surface area contributed by atoms with Crippen molar-refractivity contribution in [3.63, 3.8) is 0 Å². The van der Waals surface area contributed by atoms with Crippen molar-refractivity contribution in [1.29, 1.82) is 0 Å². The van der Waals surface area contributed by atoms with E-state index in [4.69, 9.17) is 0 Å². The Morgan fingerprint density at radius 2 is 1.81 bits per heavy atom. The maximum atomic E-state index is 12.5. The Hall–Kier alpha value is -1.84. The van der Waals surface area contributed by atoms with Crippen LogP contribution in [0.1, 0.15) is 57.0 Å². The van der Waals surface area contributed by atoms with E-state index in [-0.39, 0.29) is 17.2 Å². The van der Waals surface area contributed by atoms with Gasteiger partial charge in [-0.3, -0.25) is 4.79 Å². The molecular weight excluding hydrogens is 266 g/mol. The molecule has 1 rings (SSSR count). The van der Waals surface area contributed by atoms with Gasteiger partial charge in [-0.15, -0.1) is 0 Å². The number of amides is 1. The molecule has 4 heteroatoms. The summed E-state index contributed by atoms with van der Waals surface area (Å²) in [6, 6.07) is 6.47. The summed E-state index contributed by atoms with van der Waals surface area (Å²) in [7, 11) is 0. The highest BCUT2D eigenvalue weighted by Gasteiger charge is 2.28. The first-order valence-corrected chi connectivity index (χ1v) is 7.31. The maximum Gasteiger partial charge on any atom is 0.326 e. The quantitative estimate of drug-likeness (QED) is 0.875. The summed E-state index contributed by atoms with van der Waals surface area (Å²) in [5.74, 6) is -1.44. The first-order valence-electron chi connectivity index (χ1n) is 7.31. The van der Waals surface area contributed by atoms with Crippen LogP contribution in [0, 0.1) is 5.92 Å². The van der Waals surface area contributed by atoms with E-state index in [2.05, 4.69) is 5.32 Å². The van der Waals surface area contributed by atoms with E-state index in [1.807, 2.05) is 46.8 Å². The number of nitrogens with one attached hydrogen (secondary N) is 1. The lowest BCUT2D eigenvalue weighted by molar-refractivity contribution is -0.140. The van der Waals surface area contributed by atoms with E-state index in [1.54, 1.807) is 12.1 Å². The molecule has 1 aromatic carbocycles. The third-order valence-electron chi connectivity index (χ3n) is 3.75. The van der Waals surface area contributed by atoms with E-state index >= 15 is 0 Å². The summed E-state index contributed by atoms with van der Waals surface area (Å²) in [5, 5.41) is 11.9. The molecule has 0 saturated carbocycles. The van der Waals surface area contributed by atoms with Gasteiger partial charge in [0.2, 0.25) is 0 Å². The van der Waals surface area contributed by atoms with E-state index in [9.17, 15) is 14.7 Å². The highest BCUT2D eigenvalue weighted by Crippen LogP contribution is 2.25. The minimum atomic E-state index is -0.995. The number of carboxylic acids is 1. The molecule has 0 aromatic heterocycles. The van der Waals surface area contributed by atoms with Crippen molar-refractivity contribution in [2.24, 2.45) is 5.92 Å².